The lowest BCUT2D eigenvalue weighted by Gasteiger charge is -2.23. The minimum atomic E-state index is -0.343. The molecule has 2 unspecified atom stereocenters. The van der Waals surface area contributed by atoms with E-state index in [0.29, 0.717) is 18.9 Å². The summed E-state index contributed by atoms with van der Waals surface area (Å²) >= 11 is 0. The minimum absolute atomic E-state index is 0.106. The molecule has 18 heavy (non-hydrogen) atoms. The molecule has 102 valence electrons. The van der Waals surface area contributed by atoms with Gasteiger partial charge in [0.05, 0.1) is 7.11 Å². The number of hydrogen-bond acceptors (Lipinski definition) is 4. The van der Waals surface area contributed by atoms with E-state index < -0.39 is 0 Å². The van der Waals surface area contributed by atoms with Gasteiger partial charge in [0.1, 0.15) is 6.04 Å². The van der Waals surface area contributed by atoms with Crippen molar-refractivity contribution in [3.05, 3.63) is 0 Å². The first-order valence-electron chi connectivity index (χ1n) is 6.80. The predicted molar refractivity (Wildman–Crippen MR) is 67.0 cm³/mol. The summed E-state index contributed by atoms with van der Waals surface area (Å²) in [6.07, 6.45) is 4.28. The quantitative estimate of drug-likeness (QED) is 0.744. The summed E-state index contributed by atoms with van der Waals surface area (Å²) in [6.45, 7) is 2.78. The Kier molecular flexibility index (Phi) is 4.58. The number of carbonyl (C=O) groups is 2. The molecule has 0 saturated carbocycles. The predicted octanol–water partition coefficient (Wildman–Crippen LogP) is 0.540. The highest BCUT2D eigenvalue weighted by atomic mass is 16.5. The van der Waals surface area contributed by atoms with Gasteiger partial charge in [0.25, 0.3) is 0 Å². The number of rotatable bonds is 4. The SMILES string of the molecule is COC(=O)C1CCCN1C(=O)CCC1CCNC1. The summed E-state index contributed by atoms with van der Waals surface area (Å²) in [5, 5.41) is 3.30. The van der Waals surface area contributed by atoms with E-state index in [-0.39, 0.29) is 17.9 Å². The number of esters is 1. The van der Waals surface area contributed by atoms with Crippen LogP contribution in [0.5, 0.6) is 0 Å². The van der Waals surface area contributed by atoms with E-state index >= 15 is 0 Å². The molecule has 2 aliphatic heterocycles. The van der Waals surface area contributed by atoms with E-state index in [4.69, 9.17) is 4.74 Å². The van der Waals surface area contributed by atoms with Crippen molar-refractivity contribution in [1.82, 2.24) is 10.2 Å². The first kappa shape index (κ1) is 13.3. The molecule has 1 N–H and O–H groups in total. The van der Waals surface area contributed by atoms with Crippen LogP contribution in [0.25, 0.3) is 0 Å². The average Bonchev–Trinajstić information content (AvgIpc) is 3.05. The van der Waals surface area contributed by atoms with Crippen LogP contribution >= 0.6 is 0 Å². The molecule has 0 spiro atoms. The lowest BCUT2D eigenvalue weighted by atomic mass is 10.0. The molecule has 2 aliphatic rings. The van der Waals surface area contributed by atoms with E-state index in [0.717, 1.165) is 38.8 Å². The van der Waals surface area contributed by atoms with Crippen LogP contribution in [-0.2, 0) is 14.3 Å². The normalized spacial score (nSPS) is 27.5. The highest BCUT2D eigenvalue weighted by Gasteiger charge is 2.34. The van der Waals surface area contributed by atoms with Crippen LogP contribution in [0.1, 0.15) is 32.1 Å². The number of likely N-dealkylation sites (tertiary alicyclic amines) is 1. The Morgan fingerprint density at radius 2 is 2.22 bits per heavy atom. The lowest BCUT2D eigenvalue weighted by molar-refractivity contribution is -0.151. The fourth-order valence-corrected chi connectivity index (χ4v) is 2.88. The molecule has 1 amide bonds. The molecule has 0 aliphatic carbocycles. The van der Waals surface area contributed by atoms with Crippen molar-refractivity contribution in [2.45, 2.75) is 38.1 Å². The third-order valence-electron chi connectivity index (χ3n) is 3.98. The molecule has 0 aromatic carbocycles. The van der Waals surface area contributed by atoms with E-state index in [1.807, 2.05) is 0 Å². The molecule has 2 rings (SSSR count). The Balaban J connectivity index is 1.81. The fraction of sp³-hybridized carbons (Fsp3) is 0.846. The standard InChI is InChI=1S/C13H22N2O3/c1-18-13(17)11-3-2-8-15(11)12(16)5-4-10-6-7-14-9-10/h10-11,14H,2-9H2,1H3. The van der Waals surface area contributed by atoms with Gasteiger partial charge in [-0.1, -0.05) is 0 Å². The van der Waals surface area contributed by atoms with Gasteiger partial charge >= 0.3 is 5.97 Å². The molecule has 0 bridgehead atoms. The third kappa shape index (κ3) is 3.02. The van der Waals surface area contributed by atoms with Crippen LogP contribution < -0.4 is 5.32 Å². The van der Waals surface area contributed by atoms with Gasteiger partial charge in [-0.2, -0.15) is 0 Å². The molecule has 2 saturated heterocycles. The van der Waals surface area contributed by atoms with E-state index in [9.17, 15) is 9.59 Å². The monoisotopic (exact) mass is 254 g/mol. The van der Waals surface area contributed by atoms with Gasteiger partial charge in [-0.3, -0.25) is 4.79 Å². The van der Waals surface area contributed by atoms with Gasteiger partial charge in [0.15, 0.2) is 0 Å². The second-order valence-corrected chi connectivity index (χ2v) is 5.17. The number of methoxy groups -OCH3 is 1. The minimum Gasteiger partial charge on any atom is -0.467 e. The number of nitrogens with zero attached hydrogens (tertiary/aromatic N) is 1. The maximum Gasteiger partial charge on any atom is 0.328 e. The second kappa shape index (κ2) is 6.18. The summed E-state index contributed by atoms with van der Waals surface area (Å²) in [5.41, 5.74) is 0. The van der Waals surface area contributed by atoms with Gasteiger partial charge < -0.3 is 15.0 Å². The Bertz CT molecular complexity index is 313. The van der Waals surface area contributed by atoms with Crippen molar-refractivity contribution in [1.29, 1.82) is 0 Å². The number of amides is 1. The van der Waals surface area contributed by atoms with E-state index in [1.54, 1.807) is 4.90 Å². The highest BCUT2D eigenvalue weighted by molar-refractivity contribution is 5.85. The number of nitrogens with one attached hydrogen (secondary N) is 1. The van der Waals surface area contributed by atoms with E-state index in [1.165, 1.54) is 7.11 Å². The van der Waals surface area contributed by atoms with Crippen LogP contribution in [0.15, 0.2) is 0 Å². The second-order valence-electron chi connectivity index (χ2n) is 5.17. The molecule has 2 atom stereocenters. The molecule has 0 aromatic heterocycles. The number of ether oxygens (including phenoxy) is 1. The fourth-order valence-electron chi connectivity index (χ4n) is 2.88. The summed E-state index contributed by atoms with van der Waals surface area (Å²) in [6, 6.07) is -0.343. The topological polar surface area (TPSA) is 58.6 Å². The third-order valence-corrected chi connectivity index (χ3v) is 3.98. The molecular formula is C13H22N2O3. The maximum absolute atomic E-state index is 12.1. The lowest BCUT2D eigenvalue weighted by Crippen LogP contribution is -2.41. The van der Waals surface area contributed by atoms with Gasteiger partial charge in [0, 0.05) is 13.0 Å². The highest BCUT2D eigenvalue weighted by Crippen LogP contribution is 2.21. The summed E-state index contributed by atoms with van der Waals surface area (Å²) in [7, 11) is 1.38. The molecule has 2 fully saturated rings. The van der Waals surface area contributed by atoms with Gasteiger partial charge in [-0.25, -0.2) is 4.79 Å². The molecule has 2 heterocycles. The first-order valence-corrected chi connectivity index (χ1v) is 6.80. The van der Waals surface area contributed by atoms with E-state index in [2.05, 4.69) is 5.32 Å². The zero-order valence-corrected chi connectivity index (χ0v) is 11.0. The van der Waals surface area contributed by atoms with Crippen molar-refractivity contribution in [2.75, 3.05) is 26.7 Å². The zero-order chi connectivity index (χ0) is 13.0. The van der Waals surface area contributed by atoms with Crippen LogP contribution in [0, 0.1) is 5.92 Å². The number of hydrogen-bond donors (Lipinski definition) is 1. The molecule has 5 heteroatoms. The van der Waals surface area contributed by atoms with Crippen LogP contribution in [-0.4, -0.2) is 49.6 Å². The zero-order valence-electron chi connectivity index (χ0n) is 11.0. The molecule has 0 aromatic rings. The smallest absolute Gasteiger partial charge is 0.328 e. The average molecular weight is 254 g/mol. The van der Waals surface area contributed by atoms with Gasteiger partial charge in [-0.05, 0) is 44.7 Å². The Hall–Kier alpha value is -1.10. The number of carbonyl (C=O) groups excluding carboxylic acids is 2. The van der Waals surface area contributed by atoms with Crippen molar-refractivity contribution in [3.8, 4) is 0 Å². The van der Waals surface area contributed by atoms with Crippen molar-refractivity contribution in [2.24, 2.45) is 5.92 Å². The van der Waals surface area contributed by atoms with Crippen LogP contribution in [0.2, 0.25) is 0 Å². The summed E-state index contributed by atoms with van der Waals surface area (Å²) < 4.78 is 4.75. The van der Waals surface area contributed by atoms with Crippen molar-refractivity contribution >= 4 is 11.9 Å². The van der Waals surface area contributed by atoms with Crippen LogP contribution in [0.4, 0.5) is 0 Å². The Labute approximate surface area is 108 Å². The summed E-state index contributed by atoms with van der Waals surface area (Å²) in [5.74, 6) is 0.450. The summed E-state index contributed by atoms with van der Waals surface area (Å²) in [4.78, 5) is 25.4. The van der Waals surface area contributed by atoms with Gasteiger partial charge in [0.2, 0.25) is 5.91 Å². The van der Waals surface area contributed by atoms with Crippen molar-refractivity contribution < 1.29 is 14.3 Å². The molecule has 5 nitrogen and oxygen atoms in total. The molecular weight excluding hydrogens is 232 g/mol. The van der Waals surface area contributed by atoms with Crippen molar-refractivity contribution in [3.63, 3.8) is 0 Å². The first-order chi connectivity index (χ1) is 8.72. The largest absolute Gasteiger partial charge is 0.467 e. The maximum atomic E-state index is 12.1. The Morgan fingerprint density at radius 1 is 1.39 bits per heavy atom. The van der Waals surface area contributed by atoms with Crippen LogP contribution in [0.3, 0.4) is 0 Å². The molecule has 0 radical (unpaired) electrons. The van der Waals surface area contributed by atoms with Gasteiger partial charge in [-0.15, -0.1) is 0 Å². The Morgan fingerprint density at radius 3 is 2.89 bits per heavy atom.